The van der Waals surface area contributed by atoms with Crippen molar-refractivity contribution in [1.82, 2.24) is 3.11 Å². The molecule has 2 rings (SSSR count). The minimum absolute atomic E-state index is 0.0243. The maximum absolute atomic E-state index is 12.0. The van der Waals surface area contributed by atoms with Gasteiger partial charge in [-0.05, 0) is 18.8 Å². The van der Waals surface area contributed by atoms with Gasteiger partial charge in [-0.25, -0.2) is 4.79 Å². The number of carbonyl (C=O) groups is 1. The Hall–Kier alpha value is 0.120. The van der Waals surface area contributed by atoms with Gasteiger partial charge in [0.25, 0.3) is 0 Å². The number of hydrogen-bond acceptors (Lipinski definition) is 4. The molecule has 2 aliphatic rings. The lowest BCUT2D eigenvalue weighted by Gasteiger charge is -2.39. The SMILES string of the molecule is CCOC(=O)C1CSC2=C(CC(C)(C)C=C2Cl)N1I. The molecule has 0 amide bonds. The van der Waals surface area contributed by atoms with Crippen LogP contribution in [0.1, 0.15) is 27.2 Å². The molecule has 1 unspecified atom stereocenters. The van der Waals surface area contributed by atoms with E-state index in [2.05, 4.69) is 42.8 Å². The number of allylic oxidation sites excluding steroid dienone is 3. The van der Waals surface area contributed by atoms with Crippen LogP contribution in [0.5, 0.6) is 0 Å². The zero-order valence-electron chi connectivity index (χ0n) is 11.2. The van der Waals surface area contributed by atoms with Gasteiger partial charge in [0.05, 0.1) is 34.5 Å². The summed E-state index contributed by atoms with van der Waals surface area (Å²) in [4.78, 5) is 13.1. The third-order valence-corrected chi connectivity index (χ3v) is 5.99. The van der Waals surface area contributed by atoms with E-state index < -0.39 is 0 Å². The topological polar surface area (TPSA) is 29.5 Å². The lowest BCUT2D eigenvalue weighted by Crippen LogP contribution is -2.42. The van der Waals surface area contributed by atoms with Crippen LogP contribution in [0.2, 0.25) is 0 Å². The molecule has 0 aromatic carbocycles. The number of esters is 1. The van der Waals surface area contributed by atoms with Crippen LogP contribution in [0.15, 0.2) is 21.7 Å². The predicted octanol–water partition coefficient (Wildman–Crippen LogP) is 4.08. The van der Waals surface area contributed by atoms with Gasteiger partial charge in [-0.15, -0.1) is 11.8 Å². The molecule has 3 nitrogen and oxygen atoms in total. The van der Waals surface area contributed by atoms with Crippen molar-refractivity contribution in [2.75, 3.05) is 12.4 Å². The number of rotatable bonds is 2. The second kappa shape index (κ2) is 5.85. The molecule has 0 spiro atoms. The summed E-state index contributed by atoms with van der Waals surface area (Å²) in [5.41, 5.74) is 1.17. The van der Waals surface area contributed by atoms with Crippen molar-refractivity contribution < 1.29 is 9.53 Å². The van der Waals surface area contributed by atoms with Crippen molar-refractivity contribution in [3.05, 3.63) is 21.7 Å². The highest BCUT2D eigenvalue weighted by atomic mass is 127. The first-order valence-electron chi connectivity index (χ1n) is 6.22. The fraction of sp³-hybridized carbons (Fsp3) is 0.615. The van der Waals surface area contributed by atoms with Crippen LogP contribution >= 0.6 is 46.2 Å². The average Bonchev–Trinajstić information content (AvgIpc) is 2.29. The number of nitrogens with zero attached hydrogens (tertiary/aromatic N) is 1. The molecule has 0 bridgehead atoms. The Morgan fingerprint density at radius 2 is 2.37 bits per heavy atom. The van der Waals surface area contributed by atoms with E-state index in [4.69, 9.17) is 16.3 Å². The zero-order valence-corrected chi connectivity index (χ0v) is 14.9. The summed E-state index contributed by atoms with van der Waals surface area (Å²) < 4.78 is 7.15. The van der Waals surface area contributed by atoms with Crippen molar-refractivity contribution >= 4 is 52.2 Å². The number of carbonyl (C=O) groups excluding carboxylic acids is 1. The van der Waals surface area contributed by atoms with Crippen molar-refractivity contribution in [3.63, 3.8) is 0 Å². The largest absolute Gasteiger partial charge is 0.464 e. The summed E-state index contributed by atoms with van der Waals surface area (Å²) in [6.45, 7) is 6.56. The average molecular weight is 414 g/mol. The molecule has 19 heavy (non-hydrogen) atoms. The van der Waals surface area contributed by atoms with Gasteiger partial charge in [0.1, 0.15) is 6.04 Å². The number of thioether (sulfide) groups is 1. The number of hydrogen-bond donors (Lipinski definition) is 0. The van der Waals surface area contributed by atoms with E-state index >= 15 is 0 Å². The highest BCUT2D eigenvalue weighted by Crippen LogP contribution is 2.48. The van der Waals surface area contributed by atoms with Gasteiger partial charge >= 0.3 is 5.97 Å². The van der Waals surface area contributed by atoms with Gasteiger partial charge in [-0.1, -0.05) is 31.5 Å². The maximum Gasteiger partial charge on any atom is 0.330 e. The first-order valence-corrected chi connectivity index (χ1v) is 8.55. The summed E-state index contributed by atoms with van der Waals surface area (Å²) in [6.07, 6.45) is 3.00. The van der Waals surface area contributed by atoms with E-state index in [1.54, 1.807) is 11.8 Å². The van der Waals surface area contributed by atoms with Gasteiger partial charge < -0.3 is 7.85 Å². The van der Waals surface area contributed by atoms with E-state index in [0.29, 0.717) is 12.4 Å². The van der Waals surface area contributed by atoms with Gasteiger partial charge in [0.2, 0.25) is 0 Å². The Balaban J connectivity index is 2.27. The quantitative estimate of drug-likeness (QED) is 0.387. The molecule has 0 radical (unpaired) electrons. The lowest BCUT2D eigenvalue weighted by molar-refractivity contribution is -0.146. The molecule has 1 aliphatic heterocycles. The number of ether oxygens (including phenoxy) is 1. The van der Waals surface area contributed by atoms with Crippen LogP contribution in [0.3, 0.4) is 0 Å². The molecule has 0 N–H and O–H groups in total. The minimum Gasteiger partial charge on any atom is -0.464 e. The van der Waals surface area contributed by atoms with Crippen LogP contribution in [0, 0.1) is 5.41 Å². The van der Waals surface area contributed by atoms with Crippen molar-refractivity contribution in [2.24, 2.45) is 5.41 Å². The van der Waals surface area contributed by atoms with Crippen molar-refractivity contribution in [1.29, 1.82) is 0 Å². The van der Waals surface area contributed by atoms with E-state index in [9.17, 15) is 4.79 Å². The van der Waals surface area contributed by atoms with Crippen LogP contribution in [-0.2, 0) is 9.53 Å². The predicted molar refractivity (Wildman–Crippen MR) is 88.1 cm³/mol. The van der Waals surface area contributed by atoms with E-state index in [1.165, 1.54) is 0 Å². The molecule has 6 heteroatoms. The zero-order chi connectivity index (χ0) is 14.2. The molecule has 0 saturated carbocycles. The standard InChI is InChI=1S/C13H17ClINO2S/c1-4-18-12(17)10-7-19-11-8(14)5-13(2,3)6-9(11)16(10)15/h5,10H,4,6-7H2,1-3H3. The Morgan fingerprint density at radius 1 is 1.68 bits per heavy atom. The summed E-state index contributed by atoms with van der Waals surface area (Å²) in [5.74, 6) is 0.532. The third kappa shape index (κ3) is 3.24. The Bertz CT molecular complexity index is 462. The summed E-state index contributed by atoms with van der Waals surface area (Å²) in [6, 6.07) is -0.220. The number of halogens is 2. The lowest BCUT2D eigenvalue weighted by atomic mass is 9.84. The maximum atomic E-state index is 12.0. The highest BCUT2D eigenvalue weighted by molar-refractivity contribution is 14.1. The Kier molecular flexibility index (Phi) is 4.78. The van der Waals surface area contributed by atoms with Gasteiger partial charge in [-0.2, -0.15) is 0 Å². The van der Waals surface area contributed by atoms with Crippen LogP contribution in [0.4, 0.5) is 0 Å². The second-order valence-corrected chi connectivity index (χ2v) is 7.80. The molecule has 0 aromatic heterocycles. The molecule has 1 aliphatic carbocycles. The normalized spacial score (nSPS) is 25.8. The van der Waals surface area contributed by atoms with E-state index in [-0.39, 0.29) is 17.4 Å². The van der Waals surface area contributed by atoms with Crippen LogP contribution in [0.25, 0.3) is 0 Å². The molecule has 0 fully saturated rings. The smallest absolute Gasteiger partial charge is 0.330 e. The summed E-state index contributed by atoms with van der Waals surface area (Å²) in [7, 11) is 0. The van der Waals surface area contributed by atoms with Gasteiger partial charge in [0, 0.05) is 16.4 Å². The van der Waals surface area contributed by atoms with Crippen molar-refractivity contribution in [3.8, 4) is 0 Å². The summed E-state index contributed by atoms with van der Waals surface area (Å²) in [5, 5.41) is 0.806. The second-order valence-electron chi connectivity index (χ2n) is 5.32. The molecule has 1 atom stereocenters. The molecule has 106 valence electrons. The van der Waals surface area contributed by atoms with E-state index in [1.807, 2.05) is 10.0 Å². The van der Waals surface area contributed by atoms with Crippen LogP contribution in [-0.4, -0.2) is 27.5 Å². The first-order chi connectivity index (χ1) is 8.85. The Morgan fingerprint density at radius 3 is 3.00 bits per heavy atom. The molecule has 0 saturated heterocycles. The molecule has 0 aromatic rings. The Labute approximate surface area is 137 Å². The van der Waals surface area contributed by atoms with Gasteiger partial charge in [-0.3, -0.25) is 0 Å². The molecular weight excluding hydrogens is 397 g/mol. The molecule has 1 heterocycles. The fourth-order valence-electron chi connectivity index (χ4n) is 2.25. The summed E-state index contributed by atoms with van der Waals surface area (Å²) >= 11 is 10.2. The van der Waals surface area contributed by atoms with Crippen LogP contribution < -0.4 is 0 Å². The molecular formula is C13H17ClINO2S. The fourth-order valence-corrected chi connectivity index (χ4v) is 5.23. The van der Waals surface area contributed by atoms with E-state index in [0.717, 1.165) is 22.1 Å². The highest BCUT2D eigenvalue weighted by Gasteiger charge is 2.38. The third-order valence-electron chi connectivity index (χ3n) is 3.10. The monoisotopic (exact) mass is 413 g/mol. The minimum atomic E-state index is -0.220. The van der Waals surface area contributed by atoms with Crippen molar-refractivity contribution in [2.45, 2.75) is 33.2 Å². The van der Waals surface area contributed by atoms with Gasteiger partial charge in [0.15, 0.2) is 0 Å². The first kappa shape index (κ1) is 15.5.